The molecule has 0 aliphatic carbocycles. The van der Waals surface area contributed by atoms with Gasteiger partial charge < -0.3 is 9.88 Å². The lowest BCUT2D eigenvalue weighted by atomic mass is 10.0. The van der Waals surface area contributed by atoms with Gasteiger partial charge in [0.15, 0.2) is 0 Å². The second-order valence-electron chi connectivity index (χ2n) is 6.03. The van der Waals surface area contributed by atoms with Crippen molar-refractivity contribution in [1.29, 1.82) is 0 Å². The van der Waals surface area contributed by atoms with Crippen molar-refractivity contribution in [3.8, 4) is 0 Å². The van der Waals surface area contributed by atoms with Gasteiger partial charge in [-0.3, -0.25) is 9.36 Å². The summed E-state index contributed by atoms with van der Waals surface area (Å²) in [4.78, 5) is 29.2. The molecule has 2 heterocycles. The molecule has 5 heteroatoms. The van der Waals surface area contributed by atoms with Crippen LogP contribution in [0.2, 0.25) is 0 Å². The minimum Gasteiger partial charge on any atom is -0.343 e. The normalized spacial score (nSPS) is 16.3. The van der Waals surface area contributed by atoms with Crippen molar-refractivity contribution in [3.63, 3.8) is 0 Å². The van der Waals surface area contributed by atoms with Crippen molar-refractivity contribution in [1.82, 2.24) is 14.5 Å². The summed E-state index contributed by atoms with van der Waals surface area (Å²) in [5, 5.41) is 0. The molecular weight excluding hydrogens is 278 g/mol. The minimum atomic E-state index is -0.0445. The van der Waals surface area contributed by atoms with Gasteiger partial charge in [-0.1, -0.05) is 25.5 Å². The molecule has 0 saturated carbocycles. The van der Waals surface area contributed by atoms with E-state index in [9.17, 15) is 9.59 Å². The predicted octanol–water partition coefficient (Wildman–Crippen LogP) is 2.68. The van der Waals surface area contributed by atoms with Gasteiger partial charge in [-0.25, -0.2) is 4.79 Å². The molecule has 1 aromatic heterocycles. The molecule has 0 atom stereocenters. The molecule has 22 heavy (non-hydrogen) atoms. The van der Waals surface area contributed by atoms with Crippen molar-refractivity contribution in [2.24, 2.45) is 0 Å². The summed E-state index contributed by atoms with van der Waals surface area (Å²) < 4.78 is 1.86. The number of carbonyl (C=O) groups excluding carboxylic acids is 1. The summed E-state index contributed by atoms with van der Waals surface area (Å²) >= 11 is 0. The van der Waals surface area contributed by atoms with Crippen LogP contribution in [0.25, 0.3) is 11.0 Å². The predicted molar refractivity (Wildman–Crippen MR) is 86.9 cm³/mol. The Morgan fingerprint density at radius 3 is 2.73 bits per heavy atom. The average Bonchev–Trinajstić information content (AvgIpc) is 2.88. The van der Waals surface area contributed by atoms with Crippen molar-refractivity contribution in [2.75, 3.05) is 13.1 Å². The summed E-state index contributed by atoms with van der Waals surface area (Å²) in [6.45, 7) is 3.60. The first-order valence-corrected chi connectivity index (χ1v) is 8.17. The van der Waals surface area contributed by atoms with Gasteiger partial charge in [0.2, 0.25) is 5.91 Å². The highest BCUT2D eigenvalue weighted by Crippen LogP contribution is 2.25. The molecule has 1 fully saturated rings. The fraction of sp³-hybridized carbons (Fsp3) is 0.529. The third kappa shape index (κ3) is 2.80. The number of fused-ring (bicyclic) bond motifs is 1. The molecule has 0 unspecified atom stereocenters. The first-order chi connectivity index (χ1) is 10.7. The quantitative estimate of drug-likeness (QED) is 0.944. The van der Waals surface area contributed by atoms with E-state index in [-0.39, 0.29) is 17.6 Å². The van der Waals surface area contributed by atoms with Gasteiger partial charge in [-0.15, -0.1) is 0 Å². The van der Waals surface area contributed by atoms with Crippen LogP contribution < -0.4 is 5.69 Å². The Bertz CT molecular complexity index is 708. The topological polar surface area (TPSA) is 58.1 Å². The zero-order valence-electron chi connectivity index (χ0n) is 13.0. The molecule has 0 radical (unpaired) electrons. The third-order valence-corrected chi connectivity index (χ3v) is 4.55. The molecule has 1 saturated heterocycles. The Kier molecular flexibility index (Phi) is 4.32. The smallest absolute Gasteiger partial charge is 0.326 e. The Labute approximate surface area is 129 Å². The van der Waals surface area contributed by atoms with Crippen molar-refractivity contribution in [2.45, 2.75) is 45.1 Å². The lowest BCUT2D eigenvalue weighted by Gasteiger charge is -2.32. The highest BCUT2D eigenvalue weighted by molar-refractivity contribution is 5.76. The number of H-pyrrole nitrogens is 1. The van der Waals surface area contributed by atoms with E-state index in [4.69, 9.17) is 0 Å². The van der Waals surface area contributed by atoms with E-state index in [1.807, 2.05) is 33.7 Å². The van der Waals surface area contributed by atoms with Crippen molar-refractivity contribution in [3.05, 3.63) is 34.7 Å². The van der Waals surface area contributed by atoms with E-state index < -0.39 is 0 Å². The summed E-state index contributed by atoms with van der Waals surface area (Å²) in [6, 6.07) is 7.97. The van der Waals surface area contributed by atoms with E-state index in [0.717, 1.165) is 49.8 Å². The van der Waals surface area contributed by atoms with Gasteiger partial charge >= 0.3 is 5.69 Å². The molecule has 118 valence electrons. The van der Waals surface area contributed by atoms with Crippen LogP contribution in [-0.4, -0.2) is 33.4 Å². The van der Waals surface area contributed by atoms with Crippen LogP contribution in [0.4, 0.5) is 0 Å². The van der Waals surface area contributed by atoms with Crippen molar-refractivity contribution < 1.29 is 4.79 Å². The molecule has 1 amide bonds. The van der Waals surface area contributed by atoms with E-state index in [0.29, 0.717) is 6.42 Å². The fourth-order valence-electron chi connectivity index (χ4n) is 3.30. The zero-order chi connectivity index (χ0) is 15.5. The number of piperidine rings is 1. The van der Waals surface area contributed by atoms with Crippen LogP contribution >= 0.6 is 0 Å². The molecule has 1 aliphatic heterocycles. The van der Waals surface area contributed by atoms with Gasteiger partial charge in [-0.2, -0.15) is 0 Å². The molecular formula is C17H23N3O2. The number of hydrogen-bond acceptors (Lipinski definition) is 2. The van der Waals surface area contributed by atoms with Crippen LogP contribution in [0.5, 0.6) is 0 Å². The first-order valence-electron chi connectivity index (χ1n) is 8.17. The number of aromatic nitrogens is 2. The van der Waals surface area contributed by atoms with Gasteiger partial charge in [0.05, 0.1) is 11.0 Å². The lowest BCUT2D eigenvalue weighted by Crippen LogP contribution is -2.40. The molecule has 0 bridgehead atoms. The molecule has 3 rings (SSSR count). The number of nitrogens with one attached hydrogen (secondary N) is 1. The number of benzene rings is 1. The monoisotopic (exact) mass is 301 g/mol. The van der Waals surface area contributed by atoms with Crippen LogP contribution in [0.1, 0.15) is 45.1 Å². The van der Waals surface area contributed by atoms with Gasteiger partial charge in [0, 0.05) is 25.6 Å². The number of carbonyl (C=O) groups is 1. The molecule has 1 N–H and O–H groups in total. The average molecular weight is 301 g/mol. The summed E-state index contributed by atoms with van der Waals surface area (Å²) in [5.74, 6) is 0.256. The standard InChI is InChI=1S/C17H23N3O2/c1-2-3-8-16(21)19-11-9-13(10-12-19)20-15-7-5-4-6-14(15)18-17(20)22/h4-7,13H,2-3,8-12H2,1H3,(H,18,22). The number of para-hydroxylation sites is 2. The summed E-state index contributed by atoms with van der Waals surface area (Å²) in [7, 11) is 0. The fourth-order valence-corrected chi connectivity index (χ4v) is 3.30. The van der Waals surface area contributed by atoms with Crippen LogP contribution in [-0.2, 0) is 4.79 Å². The third-order valence-electron chi connectivity index (χ3n) is 4.55. The number of likely N-dealkylation sites (tertiary alicyclic amines) is 1. The number of unbranched alkanes of at least 4 members (excludes halogenated alkanes) is 1. The second kappa shape index (κ2) is 6.38. The van der Waals surface area contributed by atoms with Gasteiger partial charge in [0.25, 0.3) is 0 Å². The Morgan fingerprint density at radius 1 is 1.27 bits per heavy atom. The Hall–Kier alpha value is -2.04. The molecule has 1 aromatic carbocycles. The van der Waals surface area contributed by atoms with Crippen molar-refractivity contribution >= 4 is 16.9 Å². The van der Waals surface area contributed by atoms with Gasteiger partial charge in [-0.05, 0) is 31.4 Å². The zero-order valence-corrected chi connectivity index (χ0v) is 13.0. The number of rotatable bonds is 4. The summed E-state index contributed by atoms with van der Waals surface area (Å²) in [6.07, 6.45) is 4.35. The highest BCUT2D eigenvalue weighted by Gasteiger charge is 2.25. The first kappa shape index (κ1) is 14.9. The van der Waals surface area contributed by atoms with E-state index >= 15 is 0 Å². The maximum Gasteiger partial charge on any atom is 0.326 e. The summed E-state index contributed by atoms with van der Waals surface area (Å²) in [5.41, 5.74) is 1.80. The number of aromatic amines is 1. The highest BCUT2D eigenvalue weighted by atomic mass is 16.2. The maximum atomic E-state index is 12.2. The number of hydrogen-bond donors (Lipinski definition) is 1. The van der Waals surface area contributed by atoms with Crippen LogP contribution in [0.15, 0.2) is 29.1 Å². The van der Waals surface area contributed by atoms with E-state index in [1.54, 1.807) is 0 Å². The number of nitrogens with zero attached hydrogens (tertiary/aromatic N) is 2. The second-order valence-corrected chi connectivity index (χ2v) is 6.03. The molecule has 1 aliphatic rings. The molecule has 0 spiro atoms. The molecule has 2 aromatic rings. The van der Waals surface area contributed by atoms with E-state index in [2.05, 4.69) is 11.9 Å². The van der Waals surface area contributed by atoms with E-state index in [1.165, 1.54) is 0 Å². The van der Waals surface area contributed by atoms with Crippen LogP contribution in [0.3, 0.4) is 0 Å². The number of imidazole rings is 1. The number of amides is 1. The molecule has 5 nitrogen and oxygen atoms in total. The minimum absolute atomic E-state index is 0.0445. The van der Waals surface area contributed by atoms with Crippen LogP contribution in [0, 0.1) is 0 Å². The lowest BCUT2D eigenvalue weighted by molar-refractivity contribution is -0.132. The Morgan fingerprint density at radius 2 is 2.00 bits per heavy atom. The van der Waals surface area contributed by atoms with Gasteiger partial charge in [0.1, 0.15) is 0 Å². The SMILES string of the molecule is CCCCC(=O)N1CCC(n2c(=O)[nH]c3ccccc32)CC1. The largest absolute Gasteiger partial charge is 0.343 e. The Balaban J connectivity index is 1.72. The maximum absolute atomic E-state index is 12.2.